The SMILES string of the molecule is Cc1nc(-c2cncc(I)n2)sc1C(=O)NCc1ccccc1. The van der Waals surface area contributed by atoms with Gasteiger partial charge in [0.2, 0.25) is 0 Å². The highest BCUT2D eigenvalue weighted by Gasteiger charge is 2.17. The van der Waals surface area contributed by atoms with Crippen LogP contribution in [0.2, 0.25) is 0 Å². The number of hydrogen-bond donors (Lipinski definition) is 1. The molecule has 2 heterocycles. The van der Waals surface area contributed by atoms with Gasteiger partial charge in [0.1, 0.15) is 19.3 Å². The lowest BCUT2D eigenvalue weighted by molar-refractivity contribution is 0.0954. The van der Waals surface area contributed by atoms with Crippen LogP contribution in [0, 0.1) is 10.6 Å². The Balaban J connectivity index is 1.76. The van der Waals surface area contributed by atoms with Crippen molar-refractivity contribution in [2.75, 3.05) is 0 Å². The molecule has 2 aromatic heterocycles. The van der Waals surface area contributed by atoms with Crippen LogP contribution in [0.4, 0.5) is 0 Å². The minimum atomic E-state index is -0.117. The van der Waals surface area contributed by atoms with Crippen molar-refractivity contribution < 1.29 is 4.79 Å². The Morgan fingerprint density at radius 2 is 2.00 bits per heavy atom. The van der Waals surface area contributed by atoms with Gasteiger partial charge in [0.25, 0.3) is 5.91 Å². The van der Waals surface area contributed by atoms with E-state index in [1.165, 1.54) is 11.3 Å². The van der Waals surface area contributed by atoms with Gasteiger partial charge in [-0.1, -0.05) is 30.3 Å². The first-order chi connectivity index (χ1) is 11.1. The van der Waals surface area contributed by atoms with Crippen LogP contribution < -0.4 is 5.32 Å². The third-order valence-corrected chi connectivity index (χ3v) is 4.82. The average molecular weight is 436 g/mol. The molecular weight excluding hydrogens is 423 g/mol. The molecule has 1 aromatic carbocycles. The molecular formula is C16H13IN4OS. The Kier molecular flexibility index (Phi) is 4.97. The van der Waals surface area contributed by atoms with E-state index in [0.29, 0.717) is 27.8 Å². The first-order valence-corrected chi connectivity index (χ1v) is 8.80. The van der Waals surface area contributed by atoms with Crippen molar-refractivity contribution in [3.8, 4) is 10.7 Å². The lowest BCUT2D eigenvalue weighted by atomic mass is 10.2. The zero-order valence-corrected chi connectivity index (χ0v) is 15.3. The van der Waals surface area contributed by atoms with Crippen molar-refractivity contribution in [1.82, 2.24) is 20.3 Å². The molecule has 3 aromatic rings. The van der Waals surface area contributed by atoms with Crippen LogP contribution in [0.3, 0.4) is 0 Å². The molecule has 0 fully saturated rings. The standard InChI is InChI=1S/C16H13IN4OS/c1-10-14(15(22)19-7-11-5-3-2-4-6-11)23-16(20-10)12-8-18-9-13(17)21-12/h2-6,8-9H,7H2,1H3,(H,19,22). The number of carbonyl (C=O) groups excluding carboxylic acids is 1. The minimum absolute atomic E-state index is 0.117. The average Bonchev–Trinajstić information content (AvgIpc) is 2.96. The van der Waals surface area contributed by atoms with Gasteiger partial charge in [-0.25, -0.2) is 9.97 Å². The van der Waals surface area contributed by atoms with Crippen molar-refractivity contribution in [1.29, 1.82) is 0 Å². The first-order valence-electron chi connectivity index (χ1n) is 6.91. The van der Waals surface area contributed by atoms with Gasteiger partial charge in [-0.05, 0) is 35.1 Å². The number of benzene rings is 1. The molecule has 0 aliphatic heterocycles. The van der Waals surface area contributed by atoms with Crippen LogP contribution in [0.15, 0.2) is 42.7 Å². The third kappa shape index (κ3) is 3.91. The summed E-state index contributed by atoms with van der Waals surface area (Å²) in [6.07, 6.45) is 3.34. The molecule has 1 N–H and O–H groups in total. The van der Waals surface area contributed by atoms with Crippen molar-refractivity contribution >= 4 is 39.8 Å². The number of amides is 1. The quantitative estimate of drug-likeness (QED) is 0.637. The number of nitrogens with one attached hydrogen (secondary N) is 1. The highest BCUT2D eigenvalue weighted by molar-refractivity contribution is 14.1. The van der Waals surface area contributed by atoms with Gasteiger partial charge < -0.3 is 5.32 Å². The second-order valence-electron chi connectivity index (χ2n) is 4.83. The molecule has 116 valence electrons. The van der Waals surface area contributed by atoms with Crippen LogP contribution in [-0.4, -0.2) is 20.9 Å². The molecule has 0 bridgehead atoms. The fourth-order valence-electron chi connectivity index (χ4n) is 2.02. The van der Waals surface area contributed by atoms with E-state index in [2.05, 4.69) is 42.9 Å². The fraction of sp³-hybridized carbons (Fsp3) is 0.125. The summed E-state index contributed by atoms with van der Waals surface area (Å²) in [6, 6.07) is 9.81. The summed E-state index contributed by atoms with van der Waals surface area (Å²) >= 11 is 3.44. The van der Waals surface area contributed by atoms with E-state index in [1.54, 1.807) is 12.4 Å². The maximum Gasteiger partial charge on any atom is 0.263 e. The van der Waals surface area contributed by atoms with Gasteiger partial charge in [0.15, 0.2) is 0 Å². The van der Waals surface area contributed by atoms with E-state index < -0.39 is 0 Å². The molecule has 1 amide bonds. The smallest absolute Gasteiger partial charge is 0.263 e. The van der Waals surface area contributed by atoms with Gasteiger partial charge in [-0.15, -0.1) is 11.3 Å². The van der Waals surface area contributed by atoms with E-state index in [4.69, 9.17) is 0 Å². The Labute approximate surface area is 151 Å². The third-order valence-electron chi connectivity index (χ3n) is 3.12. The number of nitrogens with zero attached hydrogens (tertiary/aromatic N) is 3. The number of carbonyl (C=O) groups is 1. The number of aromatic nitrogens is 3. The van der Waals surface area contributed by atoms with Crippen molar-refractivity contribution in [2.45, 2.75) is 13.5 Å². The van der Waals surface area contributed by atoms with Gasteiger partial charge in [0.05, 0.1) is 18.1 Å². The van der Waals surface area contributed by atoms with E-state index in [9.17, 15) is 4.79 Å². The predicted molar refractivity (Wildman–Crippen MR) is 98.2 cm³/mol. The first kappa shape index (κ1) is 16.0. The lowest BCUT2D eigenvalue weighted by Gasteiger charge is -2.03. The van der Waals surface area contributed by atoms with E-state index in [0.717, 1.165) is 9.26 Å². The Morgan fingerprint density at radius 3 is 2.74 bits per heavy atom. The number of aryl methyl sites for hydroxylation is 1. The number of rotatable bonds is 4. The summed E-state index contributed by atoms with van der Waals surface area (Å²) in [4.78, 5) is 25.9. The molecule has 0 aliphatic rings. The van der Waals surface area contributed by atoms with Crippen molar-refractivity contribution in [3.05, 3.63) is 62.6 Å². The van der Waals surface area contributed by atoms with E-state index >= 15 is 0 Å². The van der Waals surface area contributed by atoms with Gasteiger partial charge in [-0.2, -0.15) is 0 Å². The fourth-order valence-corrected chi connectivity index (χ4v) is 3.38. The van der Waals surface area contributed by atoms with Gasteiger partial charge in [-0.3, -0.25) is 9.78 Å². The lowest BCUT2D eigenvalue weighted by Crippen LogP contribution is -2.22. The van der Waals surface area contributed by atoms with Crippen LogP contribution in [0.1, 0.15) is 20.9 Å². The second-order valence-corrected chi connectivity index (χ2v) is 6.93. The molecule has 7 heteroatoms. The Morgan fingerprint density at radius 1 is 1.22 bits per heavy atom. The number of hydrogen-bond acceptors (Lipinski definition) is 5. The summed E-state index contributed by atoms with van der Waals surface area (Å²) in [5, 5.41) is 3.63. The summed E-state index contributed by atoms with van der Waals surface area (Å²) < 4.78 is 0.794. The normalized spacial score (nSPS) is 10.5. The highest BCUT2D eigenvalue weighted by atomic mass is 127. The molecule has 0 radical (unpaired) electrons. The topological polar surface area (TPSA) is 67.8 Å². The maximum atomic E-state index is 12.4. The van der Waals surface area contributed by atoms with Crippen molar-refractivity contribution in [2.24, 2.45) is 0 Å². The van der Waals surface area contributed by atoms with Gasteiger partial charge >= 0.3 is 0 Å². The Bertz CT molecular complexity index is 835. The Hall–Kier alpha value is -1.87. The number of halogens is 1. The molecule has 5 nitrogen and oxygen atoms in total. The van der Waals surface area contributed by atoms with Crippen molar-refractivity contribution in [3.63, 3.8) is 0 Å². The molecule has 0 spiro atoms. The summed E-state index contributed by atoms with van der Waals surface area (Å²) in [7, 11) is 0. The molecule has 0 saturated heterocycles. The molecule has 0 aliphatic carbocycles. The zero-order chi connectivity index (χ0) is 16.2. The summed E-state index contributed by atoms with van der Waals surface area (Å²) in [5.74, 6) is -0.117. The minimum Gasteiger partial charge on any atom is -0.347 e. The highest BCUT2D eigenvalue weighted by Crippen LogP contribution is 2.26. The van der Waals surface area contributed by atoms with Crippen LogP contribution in [0.5, 0.6) is 0 Å². The summed E-state index contributed by atoms with van der Waals surface area (Å²) in [6.45, 7) is 2.33. The van der Waals surface area contributed by atoms with E-state index in [1.807, 2.05) is 37.3 Å². The van der Waals surface area contributed by atoms with E-state index in [-0.39, 0.29) is 5.91 Å². The largest absolute Gasteiger partial charge is 0.347 e. The molecule has 3 rings (SSSR count). The second kappa shape index (κ2) is 7.14. The van der Waals surface area contributed by atoms with Crippen LogP contribution >= 0.6 is 33.9 Å². The zero-order valence-electron chi connectivity index (χ0n) is 12.3. The van der Waals surface area contributed by atoms with Gasteiger partial charge in [0, 0.05) is 6.54 Å². The van der Waals surface area contributed by atoms with Crippen LogP contribution in [-0.2, 0) is 6.54 Å². The van der Waals surface area contributed by atoms with Crippen LogP contribution in [0.25, 0.3) is 10.7 Å². The number of thiazole rings is 1. The molecule has 0 atom stereocenters. The molecule has 0 saturated carbocycles. The molecule has 0 unspecified atom stereocenters. The maximum absolute atomic E-state index is 12.4. The molecule has 23 heavy (non-hydrogen) atoms. The monoisotopic (exact) mass is 436 g/mol. The predicted octanol–water partition coefficient (Wildman–Crippen LogP) is 3.44. The summed E-state index contributed by atoms with van der Waals surface area (Å²) in [5.41, 5.74) is 2.45.